The number of hydrogen-bond donors (Lipinski definition) is 0. The molecule has 4 aliphatic rings. The van der Waals surface area contributed by atoms with Gasteiger partial charge in [-0.05, 0) is 41.9 Å². The molecule has 0 spiro atoms. The maximum atomic E-state index is 14.4. The Balaban J connectivity index is 1.66. The van der Waals surface area contributed by atoms with Gasteiger partial charge >= 0.3 is 23.9 Å². The van der Waals surface area contributed by atoms with Gasteiger partial charge < -0.3 is 23.7 Å². The van der Waals surface area contributed by atoms with Crippen LogP contribution in [0, 0.1) is 29.1 Å². The minimum absolute atomic E-state index is 0.0147. The molecule has 0 amide bonds. The Morgan fingerprint density at radius 3 is 2.02 bits per heavy atom. The maximum absolute atomic E-state index is 14.4. The number of epoxide rings is 1. The molecular weight excluding hydrogens is 568 g/mol. The molecule has 0 radical (unpaired) electrons. The number of esters is 4. The molecular formula is C34H42O10. The highest BCUT2D eigenvalue weighted by atomic mass is 16.7. The van der Waals surface area contributed by atoms with Crippen LogP contribution >= 0.6 is 0 Å². The molecule has 0 N–H and O–H groups in total. The lowest BCUT2D eigenvalue weighted by Gasteiger charge is -2.30. The molecule has 10 heteroatoms. The number of carbonyl (C=O) groups excluding carboxylic acids is 5. The largest absolute Gasteiger partial charge is 0.461 e. The van der Waals surface area contributed by atoms with Gasteiger partial charge in [0.25, 0.3) is 0 Å². The number of benzene rings is 1. The highest BCUT2D eigenvalue weighted by Gasteiger charge is 2.84. The molecule has 1 aromatic carbocycles. The summed E-state index contributed by atoms with van der Waals surface area (Å²) in [5, 5.41) is 0. The van der Waals surface area contributed by atoms with Crippen LogP contribution < -0.4 is 0 Å². The second-order valence-corrected chi connectivity index (χ2v) is 13.6. The van der Waals surface area contributed by atoms with Crippen molar-refractivity contribution in [1.29, 1.82) is 0 Å². The third-order valence-electron chi connectivity index (χ3n) is 10.0. The van der Waals surface area contributed by atoms with Crippen molar-refractivity contribution >= 4 is 29.7 Å². The summed E-state index contributed by atoms with van der Waals surface area (Å²) in [5.74, 6) is -4.27. The Bertz CT molecular complexity index is 1400. The molecule has 0 bridgehead atoms. The van der Waals surface area contributed by atoms with Crippen molar-refractivity contribution < 1.29 is 47.7 Å². The molecule has 1 aromatic rings. The SMILES string of the molecule is CC(=O)OC1C(C)C(=O)C23CC(C)C(OC(C)=O)C2(/C=C(\C)C(OC(=O)Cc2ccccc2)C(OC(C)=O)C2C1C2(C)C)O3. The zero-order chi connectivity index (χ0) is 32.4. The van der Waals surface area contributed by atoms with Crippen molar-refractivity contribution in [1.82, 2.24) is 0 Å². The van der Waals surface area contributed by atoms with Crippen LogP contribution in [0.4, 0.5) is 0 Å². The van der Waals surface area contributed by atoms with Gasteiger partial charge in [0.05, 0.1) is 12.3 Å². The normalized spacial score (nSPS) is 39.5. The number of carbonyl (C=O) groups is 5. The van der Waals surface area contributed by atoms with E-state index in [4.69, 9.17) is 23.7 Å². The number of hydrogen-bond acceptors (Lipinski definition) is 10. The van der Waals surface area contributed by atoms with Crippen LogP contribution in [0.5, 0.6) is 0 Å². The van der Waals surface area contributed by atoms with E-state index < -0.39 is 82.7 Å². The lowest BCUT2D eigenvalue weighted by molar-refractivity contribution is -0.167. The first-order valence-corrected chi connectivity index (χ1v) is 15.2. The Hall–Kier alpha value is -3.53. The van der Waals surface area contributed by atoms with E-state index in [1.54, 1.807) is 19.9 Å². The van der Waals surface area contributed by atoms with Gasteiger partial charge in [0.1, 0.15) is 18.3 Å². The van der Waals surface area contributed by atoms with E-state index in [1.807, 2.05) is 51.1 Å². The van der Waals surface area contributed by atoms with Crippen molar-refractivity contribution in [3.8, 4) is 0 Å². The van der Waals surface area contributed by atoms with E-state index in [1.165, 1.54) is 20.8 Å². The summed E-state index contributed by atoms with van der Waals surface area (Å²) in [7, 11) is 0. The molecule has 3 aliphatic carbocycles. The summed E-state index contributed by atoms with van der Waals surface area (Å²) < 4.78 is 30.1. The van der Waals surface area contributed by atoms with Crippen molar-refractivity contribution in [2.24, 2.45) is 29.1 Å². The van der Waals surface area contributed by atoms with Crippen molar-refractivity contribution in [2.45, 2.75) is 104 Å². The highest BCUT2D eigenvalue weighted by molar-refractivity contribution is 5.96. The maximum Gasteiger partial charge on any atom is 0.310 e. The lowest BCUT2D eigenvalue weighted by Crippen LogP contribution is -2.43. The molecule has 2 saturated carbocycles. The van der Waals surface area contributed by atoms with Gasteiger partial charge in [0.2, 0.25) is 0 Å². The summed E-state index contributed by atoms with van der Waals surface area (Å²) in [4.78, 5) is 65.1. The second kappa shape index (κ2) is 11.1. The van der Waals surface area contributed by atoms with Crippen molar-refractivity contribution in [2.75, 3.05) is 0 Å². The van der Waals surface area contributed by atoms with Gasteiger partial charge in [0.15, 0.2) is 23.1 Å². The molecule has 5 rings (SSSR count). The van der Waals surface area contributed by atoms with Crippen LogP contribution in [0.2, 0.25) is 0 Å². The third-order valence-corrected chi connectivity index (χ3v) is 10.0. The fourth-order valence-electron chi connectivity index (χ4n) is 8.16. The van der Waals surface area contributed by atoms with Crippen LogP contribution in [0.1, 0.15) is 67.4 Å². The number of Topliss-reactive ketones (excluding diaryl/α,β-unsaturated/α-hetero) is 1. The first kappa shape index (κ1) is 31.9. The minimum atomic E-state index is -1.33. The highest BCUT2D eigenvalue weighted by Crippen LogP contribution is 2.68. The number of rotatable bonds is 6. The summed E-state index contributed by atoms with van der Waals surface area (Å²) in [6.07, 6.45) is -1.68. The van der Waals surface area contributed by atoms with Crippen LogP contribution in [0.15, 0.2) is 42.0 Å². The Labute approximate surface area is 257 Å². The van der Waals surface area contributed by atoms with Crippen LogP contribution in [-0.4, -0.2) is 65.3 Å². The van der Waals surface area contributed by atoms with Crippen molar-refractivity contribution in [3.05, 3.63) is 47.5 Å². The van der Waals surface area contributed by atoms with Gasteiger partial charge in [-0.2, -0.15) is 0 Å². The molecule has 44 heavy (non-hydrogen) atoms. The van der Waals surface area contributed by atoms with E-state index in [0.717, 1.165) is 5.56 Å². The fraction of sp³-hybridized carbons (Fsp3) is 0.618. The zero-order valence-electron chi connectivity index (χ0n) is 26.6. The quantitative estimate of drug-likeness (QED) is 0.202. The van der Waals surface area contributed by atoms with Gasteiger partial charge in [-0.3, -0.25) is 24.0 Å². The first-order chi connectivity index (χ1) is 20.6. The molecule has 3 fully saturated rings. The molecule has 1 saturated heterocycles. The van der Waals surface area contributed by atoms with Crippen LogP contribution in [0.25, 0.3) is 0 Å². The zero-order valence-corrected chi connectivity index (χ0v) is 26.6. The molecule has 1 heterocycles. The molecule has 10 unspecified atom stereocenters. The topological polar surface area (TPSA) is 135 Å². The standard InChI is InChI=1S/C34H42O10/c1-17-15-34-31(42-22(6)37)18(2)16-33(34,44-34)30(39)19(3)28(40-20(4)35)25-26(32(25,7)8)29(41-21(5)36)27(17)43-24(38)14-23-12-10-9-11-13-23/h9-13,15,18-19,25-29,31H,14,16H2,1-8H3/b17-15+. The molecule has 10 nitrogen and oxygen atoms in total. The average molecular weight is 611 g/mol. The lowest BCUT2D eigenvalue weighted by atomic mass is 9.80. The number of ketones is 1. The second-order valence-electron chi connectivity index (χ2n) is 13.6. The van der Waals surface area contributed by atoms with E-state index in [-0.39, 0.29) is 24.5 Å². The summed E-state index contributed by atoms with van der Waals surface area (Å²) in [6, 6.07) is 9.13. The summed E-state index contributed by atoms with van der Waals surface area (Å²) in [6.45, 7) is 13.2. The summed E-state index contributed by atoms with van der Waals surface area (Å²) >= 11 is 0. The molecule has 10 atom stereocenters. The summed E-state index contributed by atoms with van der Waals surface area (Å²) in [5.41, 5.74) is -1.97. The monoisotopic (exact) mass is 610 g/mol. The fourth-order valence-corrected chi connectivity index (χ4v) is 8.16. The molecule has 1 aliphatic heterocycles. The van der Waals surface area contributed by atoms with Crippen molar-refractivity contribution in [3.63, 3.8) is 0 Å². The van der Waals surface area contributed by atoms with Gasteiger partial charge in [-0.1, -0.05) is 58.0 Å². The van der Waals surface area contributed by atoms with Gasteiger partial charge in [0, 0.05) is 32.6 Å². The number of fused-ring (bicyclic) bond motifs is 1. The number of ether oxygens (including phenoxy) is 5. The Kier molecular flexibility index (Phi) is 8.06. The molecule has 238 valence electrons. The Morgan fingerprint density at radius 1 is 0.864 bits per heavy atom. The predicted octanol–water partition coefficient (Wildman–Crippen LogP) is 3.92. The third kappa shape index (κ3) is 5.25. The van der Waals surface area contributed by atoms with Gasteiger partial charge in [-0.25, -0.2) is 0 Å². The Morgan fingerprint density at radius 2 is 1.43 bits per heavy atom. The average Bonchev–Trinajstić information content (AvgIpc) is 3.72. The molecule has 0 aromatic heterocycles. The van der Waals surface area contributed by atoms with E-state index in [2.05, 4.69) is 0 Å². The van der Waals surface area contributed by atoms with E-state index >= 15 is 0 Å². The van der Waals surface area contributed by atoms with E-state index in [9.17, 15) is 24.0 Å². The minimum Gasteiger partial charge on any atom is -0.461 e. The predicted molar refractivity (Wildman–Crippen MR) is 156 cm³/mol. The smallest absolute Gasteiger partial charge is 0.310 e. The van der Waals surface area contributed by atoms with E-state index in [0.29, 0.717) is 5.57 Å². The van der Waals surface area contributed by atoms with Crippen LogP contribution in [0.3, 0.4) is 0 Å². The first-order valence-electron chi connectivity index (χ1n) is 15.2. The van der Waals surface area contributed by atoms with Crippen LogP contribution in [-0.2, 0) is 54.1 Å². The van der Waals surface area contributed by atoms with Gasteiger partial charge in [-0.15, -0.1) is 0 Å².